The summed E-state index contributed by atoms with van der Waals surface area (Å²) in [7, 11) is 0. The lowest BCUT2D eigenvalue weighted by atomic mass is 10.0. The molecule has 2 rings (SSSR count). The van der Waals surface area contributed by atoms with E-state index < -0.39 is 24.8 Å². The Hall–Kier alpha value is -1.85. The highest BCUT2D eigenvalue weighted by molar-refractivity contribution is 5.83. The highest BCUT2D eigenvalue weighted by atomic mass is 16.6. The van der Waals surface area contributed by atoms with E-state index in [0.717, 1.165) is 10.9 Å². The Labute approximate surface area is 104 Å². The Morgan fingerprint density at radius 1 is 1.44 bits per heavy atom. The largest absolute Gasteiger partial charge is 0.455 e. The molecule has 1 aromatic carbocycles. The molecule has 18 heavy (non-hydrogen) atoms. The van der Waals surface area contributed by atoms with Crippen molar-refractivity contribution >= 4 is 16.9 Å². The van der Waals surface area contributed by atoms with Crippen molar-refractivity contribution in [3.8, 4) is 0 Å². The van der Waals surface area contributed by atoms with Crippen LogP contribution in [0.25, 0.3) is 10.9 Å². The van der Waals surface area contributed by atoms with Gasteiger partial charge in [0.25, 0.3) is 0 Å². The average Bonchev–Trinajstić information content (AvgIpc) is 2.78. The normalized spacial score (nSPS) is 14.4. The standard InChI is InChI=1S/C13H15NO4/c1-8(16)18-13(12(17)7-15)10-6-14-11-5-3-2-4-9(10)11/h2-6,12-15,17H,7H2,1H3. The van der Waals surface area contributed by atoms with E-state index in [9.17, 15) is 9.90 Å². The summed E-state index contributed by atoms with van der Waals surface area (Å²) in [6.45, 7) is 0.795. The van der Waals surface area contributed by atoms with E-state index in [4.69, 9.17) is 9.84 Å². The van der Waals surface area contributed by atoms with Gasteiger partial charge in [-0.25, -0.2) is 0 Å². The van der Waals surface area contributed by atoms with Crippen molar-refractivity contribution in [2.75, 3.05) is 6.61 Å². The van der Waals surface area contributed by atoms with Crippen LogP contribution in [-0.2, 0) is 9.53 Å². The van der Waals surface area contributed by atoms with E-state index in [1.54, 1.807) is 6.20 Å². The molecule has 0 saturated heterocycles. The van der Waals surface area contributed by atoms with E-state index >= 15 is 0 Å². The maximum Gasteiger partial charge on any atom is 0.303 e. The van der Waals surface area contributed by atoms with E-state index in [0.29, 0.717) is 5.56 Å². The average molecular weight is 249 g/mol. The number of hydrogen-bond donors (Lipinski definition) is 3. The molecule has 3 N–H and O–H groups in total. The summed E-state index contributed by atoms with van der Waals surface area (Å²) in [5, 5.41) is 19.7. The number of ether oxygens (including phenoxy) is 1. The molecule has 1 aromatic heterocycles. The molecule has 5 nitrogen and oxygen atoms in total. The van der Waals surface area contributed by atoms with Crippen LogP contribution in [0.3, 0.4) is 0 Å². The van der Waals surface area contributed by atoms with Gasteiger partial charge in [0.05, 0.1) is 6.61 Å². The van der Waals surface area contributed by atoms with Crippen molar-refractivity contribution in [1.82, 2.24) is 4.98 Å². The van der Waals surface area contributed by atoms with Crippen LogP contribution < -0.4 is 0 Å². The Morgan fingerprint density at radius 3 is 2.83 bits per heavy atom. The number of carbonyl (C=O) groups excluding carboxylic acids is 1. The lowest BCUT2D eigenvalue weighted by Gasteiger charge is -2.20. The molecule has 0 bridgehead atoms. The van der Waals surface area contributed by atoms with Gasteiger partial charge < -0.3 is 19.9 Å². The van der Waals surface area contributed by atoms with Gasteiger partial charge in [-0.15, -0.1) is 0 Å². The maximum atomic E-state index is 11.1. The minimum atomic E-state index is -1.15. The quantitative estimate of drug-likeness (QED) is 0.709. The molecule has 0 radical (unpaired) electrons. The number of benzene rings is 1. The third kappa shape index (κ3) is 2.37. The molecule has 0 aliphatic heterocycles. The number of aliphatic hydroxyl groups is 2. The first-order valence-electron chi connectivity index (χ1n) is 5.65. The molecule has 0 amide bonds. The molecular weight excluding hydrogens is 234 g/mol. The highest BCUT2D eigenvalue weighted by Crippen LogP contribution is 2.29. The fraction of sp³-hybridized carbons (Fsp3) is 0.308. The van der Waals surface area contributed by atoms with Gasteiger partial charge in [-0.2, -0.15) is 0 Å². The van der Waals surface area contributed by atoms with Crippen LogP contribution in [0.4, 0.5) is 0 Å². The molecule has 0 saturated carbocycles. The predicted octanol–water partition coefficient (Wildman–Crippen LogP) is 1.13. The minimum Gasteiger partial charge on any atom is -0.455 e. The number of aromatic amines is 1. The summed E-state index contributed by atoms with van der Waals surface area (Å²) in [4.78, 5) is 14.1. The van der Waals surface area contributed by atoms with Crippen LogP contribution in [-0.4, -0.2) is 33.9 Å². The maximum absolute atomic E-state index is 11.1. The molecular formula is C13H15NO4. The number of nitrogens with one attached hydrogen (secondary N) is 1. The van der Waals surface area contributed by atoms with Crippen molar-refractivity contribution in [1.29, 1.82) is 0 Å². The fourth-order valence-electron chi connectivity index (χ4n) is 1.95. The van der Waals surface area contributed by atoms with Crippen LogP contribution in [0.15, 0.2) is 30.5 Å². The predicted molar refractivity (Wildman–Crippen MR) is 65.9 cm³/mol. The molecule has 2 atom stereocenters. The molecule has 1 heterocycles. The molecule has 0 aliphatic carbocycles. The van der Waals surface area contributed by atoms with Gasteiger partial charge in [0, 0.05) is 29.6 Å². The summed E-state index contributed by atoms with van der Waals surface area (Å²) >= 11 is 0. The molecule has 2 unspecified atom stereocenters. The number of para-hydroxylation sites is 1. The summed E-state index contributed by atoms with van der Waals surface area (Å²) in [5.74, 6) is -0.502. The van der Waals surface area contributed by atoms with Gasteiger partial charge in [-0.1, -0.05) is 18.2 Å². The van der Waals surface area contributed by atoms with Gasteiger partial charge in [0.15, 0.2) is 6.10 Å². The van der Waals surface area contributed by atoms with E-state index in [2.05, 4.69) is 4.98 Å². The minimum absolute atomic E-state index is 0.475. The van der Waals surface area contributed by atoms with Crippen LogP contribution in [0.1, 0.15) is 18.6 Å². The van der Waals surface area contributed by atoms with Crippen molar-refractivity contribution in [2.24, 2.45) is 0 Å². The van der Waals surface area contributed by atoms with Crippen molar-refractivity contribution in [2.45, 2.75) is 19.1 Å². The van der Waals surface area contributed by atoms with Gasteiger partial charge in [0.2, 0.25) is 0 Å². The second-order valence-corrected chi connectivity index (χ2v) is 4.07. The molecule has 0 fully saturated rings. The first-order chi connectivity index (χ1) is 8.63. The number of carbonyl (C=O) groups is 1. The summed E-state index contributed by atoms with van der Waals surface area (Å²) in [6, 6.07) is 7.48. The zero-order chi connectivity index (χ0) is 13.1. The van der Waals surface area contributed by atoms with Crippen LogP contribution in [0.5, 0.6) is 0 Å². The molecule has 0 spiro atoms. The first kappa shape index (κ1) is 12.6. The topological polar surface area (TPSA) is 82.6 Å². The lowest BCUT2D eigenvalue weighted by molar-refractivity contribution is -0.154. The molecule has 5 heteroatoms. The van der Waals surface area contributed by atoms with Crippen LogP contribution >= 0.6 is 0 Å². The van der Waals surface area contributed by atoms with Crippen molar-refractivity contribution in [3.05, 3.63) is 36.0 Å². The Kier molecular flexibility index (Phi) is 3.64. The van der Waals surface area contributed by atoms with E-state index in [-0.39, 0.29) is 0 Å². The number of H-pyrrole nitrogens is 1. The Balaban J connectivity index is 2.43. The van der Waals surface area contributed by atoms with Crippen LogP contribution in [0, 0.1) is 0 Å². The molecule has 2 aromatic rings. The number of hydrogen-bond acceptors (Lipinski definition) is 4. The SMILES string of the molecule is CC(=O)OC(c1c[nH]c2ccccc12)C(O)CO. The Bertz CT molecular complexity index is 549. The summed E-state index contributed by atoms with van der Waals surface area (Å²) in [5.41, 5.74) is 1.54. The smallest absolute Gasteiger partial charge is 0.303 e. The second kappa shape index (κ2) is 5.20. The summed E-state index contributed by atoms with van der Waals surface area (Å²) in [6.07, 6.45) is -0.339. The monoisotopic (exact) mass is 249 g/mol. The summed E-state index contributed by atoms with van der Waals surface area (Å²) < 4.78 is 5.09. The fourth-order valence-corrected chi connectivity index (χ4v) is 1.95. The first-order valence-corrected chi connectivity index (χ1v) is 5.65. The second-order valence-electron chi connectivity index (χ2n) is 4.07. The molecule has 0 aliphatic rings. The number of aromatic nitrogens is 1. The zero-order valence-electron chi connectivity index (χ0n) is 9.96. The van der Waals surface area contributed by atoms with E-state index in [1.807, 2.05) is 24.3 Å². The third-order valence-corrected chi connectivity index (χ3v) is 2.76. The van der Waals surface area contributed by atoms with Crippen molar-refractivity contribution < 1.29 is 19.7 Å². The van der Waals surface area contributed by atoms with E-state index in [1.165, 1.54) is 6.92 Å². The van der Waals surface area contributed by atoms with Gasteiger partial charge in [-0.05, 0) is 6.07 Å². The number of aliphatic hydroxyl groups excluding tert-OH is 2. The van der Waals surface area contributed by atoms with Gasteiger partial charge in [0.1, 0.15) is 6.10 Å². The number of fused-ring (bicyclic) bond motifs is 1. The van der Waals surface area contributed by atoms with Crippen LogP contribution in [0.2, 0.25) is 0 Å². The lowest BCUT2D eigenvalue weighted by Crippen LogP contribution is -2.26. The number of rotatable bonds is 4. The molecule has 96 valence electrons. The number of esters is 1. The highest BCUT2D eigenvalue weighted by Gasteiger charge is 2.26. The van der Waals surface area contributed by atoms with Crippen molar-refractivity contribution in [3.63, 3.8) is 0 Å². The Morgan fingerprint density at radius 2 is 2.17 bits per heavy atom. The van der Waals surface area contributed by atoms with Gasteiger partial charge in [-0.3, -0.25) is 4.79 Å². The van der Waals surface area contributed by atoms with Gasteiger partial charge >= 0.3 is 5.97 Å². The third-order valence-electron chi connectivity index (χ3n) is 2.76. The zero-order valence-corrected chi connectivity index (χ0v) is 9.96.